The van der Waals surface area contributed by atoms with Crippen LogP contribution in [-0.4, -0.2) is 45.2 Å². The van der Waals surface area contributed by atoms with Crippen LogP contribution in [0.15, 0.2) is 43.0 Å². The Morgan fingerprint density at radius 1 is 0.946 bits per heavy atom. The van der Waals surface area contributed by atoms with E-state index in [1.807, 2.05) is 0 Å². The maximum Gasteiger partial charge on any atom is 0.422 e. The Kier molecular flexibility index (Phi) is 8.08. The molecule has 8 nitrogen and oxygen atoms in total. The van der Waals surface area contributed by atoms with Gasteiger partial charge in [-0.25, -0.2) is 15.0 Å². The predicted molar refractivity (Wildman–Crippen MR) is 109 cm³/mol. The van der Waals surface area contributed by atoms with Crippen molar-refractivity contribution in [3.63, 3.8) is 0 Å². The van der Waals surface area contributed by atoms with Gasteiger partial charge in [-0.1, -0.05) is 0 Å². The van der Waals surface area contributed by atoms with E-state index in [1.165, 1.54) is 19.3 Å². The van der Waals surface area contributed by atoms with Crippen molar-refractivity contribution < 1.29 is 49.4 Å². The number of nitrogens with zero attached hydrogens (tertiary/aromatic N) is 4. The number of carbonyl (C=O) groups excluding carboxylic acids is 1. The second-order valence-corrected chi connectivity index (χ2v) is 7.25. The lowest BCUT2D eigenvalue weighted by molar-refractivity contribution is -0.153. The summed E-state index contributed by atoms with van der Waals surface area (Å²) in [7, 11) is 0. The Balaban J connectivity index is 1.86. The average Bonchev–Trinajstić information content (AvgIpc) is 2.81. The SMILES string of the molecule is CC(NC(=O)c1cc(OCC(F)(F)F)cc(C(F)(F)F)c1)c1nccnc1-c1ncc(OC(F)F)cn1. The van der Waals surface area contributed by atoms with Crippen LogP contribution < -0.4 is 14.8 Å². The number of hydrogen-bond acceptors (Lipinski definition) is 7. The van der Waals surface area contributed by atoms with Gasteiger partial charge in [0.1, 0.15) is 11.4 Å². The molecule has 1 atom stereocenters. The Morgan fingerprint density at radius 3 is 2.19 bits per heavy atom. The Labute approximate surface area is 202 Å². The molecule has 16 heteroatoms. The molecule has 3 aromatic rings. The molecular weight excluding hydrogens is 522 g/mol. The van der Waals surface area contributed by atoms with E-state index >= 15 is 0 Å². The van der Waals surface area contributed by atoms with Crippen LogP contribution in [0.3, 0.4) is 0 Å². The van der Waals surface area contributed by atoms with E-state index in [4.69, 9.17) is 0 Å². The summed E-state index contributed by atoms with van der Waals surface area (Å²) in [4.78, 5) is 28.6. The van der Waals surface area contributed by atoms with Crippen molar-refractivity contribution in [2.45, 2.75) is 31.9 Å². The molecule has 0 radical (unpaired) electrons. The molecule has 0 fully saturated rings. The maximum atomic E-state index is 13.3. The van der Waals surface area contributed by atoms with Crippen molar-refractivity contribution in [3.8, 4) is 23.0 Å². The van der Waals surface area contributed by atoms with Gasteiger partial charge in [0, 0.05) is 18.0 Å². The Bertz CT molecular complexity index is 1240. The van der Waals surface area contributed by atoms with Crippen molar-refractivity contribution in [2.75, 3.05) is 6.61 Å². The van der Waals surface area contributed by atoms with Crippen LogP contribution in [0.25, 0.3) is 11.5 Å². The molecule has 0 aliphatic carbocycles. The highest BCUT2D eigenvalue weighted by Gasteiger charge is 2.33. The van der Waals surface area contributed by atoms with Crippen molar-refractivity contribution in [3.05, 3.63) is 59.8 Å². The first kappa shape index (κ1) is 27.5. The van der Waals surface area contributed by atoms with Gasteiger partial charge in [0.05, 0.1) is 29.7 Å². The van der Waals surface area contributed by atoms with Gasteiger partial charge in [-0.05, 0) is 25.1 Å². The molecule has 2 aromatic heterocycles. The molecule has 1 N–H and O–H groups in total. The first-order chi connectivity index (χ1) is 17.2. The van der Waals surface area contributed by atoms with Crippen LogP contribution in [-0.2, 0) is 6.18 Å². The third-order valence-electron chi connectivity index (χ3n) is 4.45. The number of aromatic nitrogens is 4. The summed E-state index contributed by atoms with van der Waals surface area (Å²) in [6.07, 6.45) is -5.42. The fourth-order valence-corrected chi connectivity index (χ4v) is 2.93. The van der Waals surface area contributed by atoms with E-state index in [9.17, 15) is 39.9 Å². The van der Waals surface area contributed by atoms with Crippen molar-refractivity contribution >= 4 is 5.91 Å². The van der Waals surface area contributed by atoms with Crippen LogP contribution in [0.4, 0.5) is 35.1 Å². The minimum absolute atomic E-state index is 0.0112. The summed E-state index contributed by atoms with van der Waals surface area (Å²) in [5.74, 6) is -2.33. The number of amides is 1. The first-order valence-electron chi connectivity index (χ1n) is 10.0. The van der Waals surface area contributed by atoms with Crippen LogP contribution in [0.2, 0.25) is 0 Å². The molecule has 2 heterocycles. The van der Waals surface area contributed by atoms with Crippen LogP contribution in [0, 0.1) is 0 Å². The van der Waals surface area contributed by atoms with Crippen LogP contribution >= 0.6 is 0 Å². The topological polar surface area (TPSA) is 99.1 Å². The predicted octanol–water partition coefficient (Wildman–Crippen LogP) is 4.99. The van der Waals surface area contributed by atoms with Crippen molar-refractivity contribution in [2.24, 2.45) is 0 Å². The highest BCUT2D eigenvalue weighted by molar-refractivity contribution is 5.95. The number of carbonyl (C=O) groups is 1. The molecule has 1 unspecified atom stereocenters. The zero-order chi connectivity index (χ0) is 27.4. The normalized spacial score (nSPS) is 12.8. The van der Waals surface area contributed by atoms with E-state index in [0.29, 0.717) is 12.1 Å². The summed E-state index contributed by atoms with van der Waals surface area (Å²) in [5, 5.41) is 2.37. The molecule has 1 aromatic carbocycles. The summed E-state index contributed by atoms with van der Waals surface area (Å²) >= 11 is 0. The standard InChI is InChI=1S/C21H15F8N5O3/c1-10(15-16(31-3-2-30-15)17-32-7-14(8-33-17)37-19(22)23)34-18(35)11-4-12(21(27,28)29)6-13(5-11)36-9-20(24,25)26/h2-8,10,19H,9H2,1H3,(H,34,35). The van der Waals surface area contributed by atoms with Crippen LogP contribution in [0.5, 0.6) is 11.5 Å². The molecule has 0 aliphatic rings. The lowest BCUT2D eigenvalue weighted by Crippen LogP contribution is -2.28. The number of halogens is 8. The van der Waals surface area contributed by atoms with E-state index in [0.717, 1.165) is 18.5 Å². The van der Waals surface area contributed by atoms with Gasteiger partial charge < -0.3 is 14.8 Å². The summed E-state index contributed by atoms with van der Waals surface area (Å²) in [6, 6.07) is 0.493. The molecule has 198 valence electrons. The Morgan fingerprint density at radius 2 is 1.59 bits per heavy atom. The Hall–Kier alpha value is -4.11. The molecule has 0 saturated carbocycles. The lowest BCUT2D eigenvalue weighted by Gasteiger charge is -2.17. The summed E-state index contributed by atoms with van der Waals surface area (Å²) in [6.45, 7) is -3.57. The molecule has 3 rings (SSSR count). The number of alkyl halides is 8. The smallest absolute Gasteiger partial charge is 0.422 e. The van der Waals surface area contributed by atoms with Gasteiger partial charge in [-0.15, -0.1) is 0 Å². The number of benzene rings is 1. The molecule has 1 amide bonds. The second kappa shape index (κ2) is 10.9. The van der Waals surface area contributed by atoms with E-state index < -0.39 is 54.4 Å². The number of hydrogen-bond donors (Lipinski definition) is 1. The van der Waals surface area contributed by atoms with Gasteiger partial charge in [0.2, 0.25) is 0 Å². The molecule has 0 bridgehead atoms. The van der Waals surface area contributed by atoms with Crippen molar-refractivity contribution in [1.82, 2.24) is 25.3 Å². The van der Waals surface area contributed by atoms with Gasteiger partial charge in [-0.3, -0.25) is 9.78 Å². The van der Waals surface area contributed by atoms with Gasteiger partial charge in [-0.2, -0.15) is 35.1 Å². The summed E-state index contributed by atoms with van der Waals surface area (Å²) in [5.41, 5.74) is -1.96. The number of nitrogens with one attached hydrogen (secondary N) is 1. The maximum absolute atomic E-state index is 13.3. The molecule has 0 spiro atoms. The minimum atomic E-state index is -4.98. The third-order valence-corrected chi connectivity index (χ3v) is 4.45. The highest BCUT2D eigenvalue weighted by atomic mass is 19.4. The zero-order valence-corrected chi connectivity index (χ0v) is 18.4. The minimum Gasteiger partial charge on any atom is -0.484 e. The first-order valence-corrected chi connectivity index (χ1v) is 10.0. The largest absolute Gasteiger partial charge is 0.484 e. The fraction of sp³-hybridized carbons (Fsp3) is 0.286. The fourth-order valence-electron chi connectivity index (χ4n) is 2.93. The monoisotopic (exact) mass is 537 g/mol. The van der Waals surface area contributed by atoms with Crippen molar-refractivity contribution in [1.29, 1.82) is 0 Å². The van der Waals surface area contributed by atoms with Crippen LogP contribution in [0.1, 0.15) is 34.6 Å². The highest BCUT2D eigenvalue weighted by Crippen LogP contribution is 2.33. The summed E-state index contributed by atoms with van der Waals surface area (Å²) < 4.78 is 110. The van der Waals surface area contributed by atoms with Gasteiger partial charge >= 0.3 is 19.0 Å². The molecule has 0 aliphatic heterocycles. The average molecular weight is 537 g/mol. The molecule has 37 heavy (non-hydrogen) atoms. The molecular formula is C21H15F8N5O3. The zero-order valence-electron chi connectivity index (χ0n) is 18.4. The van der Waals surface area contributed by atoms with E-state index in [1.54, 1.807) is 0 Å². The van der Waals surface area contributed by atoms with E-state index in [-0.39, 0.29) is 23.0 Å². The third kappa shape index (κ3) is 7.68. The number of rotatable bonds is 8. The second-order valence-electron chi connectivity index (χ2n) is 7.25. The lowest BCUT2D eigenvalue weighted by atomic mass is 10.1. The van der Waals surface area contributed by atoms with Gasteiger partial charge in [0.15, 0.2) is 18.2 Å². The van der Waals surface area contributed by atoms with Gasteiger partial charge in [0.25, 0.3) is 5.91 Å². The van der Waals surface area contributed by atoms with E-state index in [2.05, 4.69) is 34.7 Å². The number of ether oxygens (including phenoxy) is 2. The molecule has 0 saturated heterocycles. The quantitative estimate of drug-likeness (QED) is 0.405.